The van der Waals surface area contributed by atoms with E-state index in [2.05, 4.69) is 4.90 Å². The van der Waals surface area contributed by atoms with Crippen molar-refractivity contribution in [1.29, 1.82) is 5.26 Å². The van der Waals surface area contributed by atoms with Gasteiger partial charge >= 0.3 is 0 Å². The summed E-state index contributed by atoms with van der Waals surface area (Å²) < 4.78 is 0. The van der Waals surface area contributed by atoms with Crippen molar-refractivity contribution in [1.82, 2.24) is 0 Å². The largest absolute Gasteiger partial charge is 0.370 e. The molecule has 1 aromatic rings. The molecule has 25 heavy (non-hydrogen) atoms. The van der Waals surface area contributed by atoms with Crippen molar-refractivity contribution >= 4 is 17.3 Å². The number of nitrogens with two attached hydrogens (primary N) is 2. The van der Waals surface area contributed by atoms with Gasteiger partial charge in [0.15, 0.2) is 0 Å². The summed E-state index contributed by atoms with van der Waals surface area (Å²) in [7, 11) is 0. The number of amides is 1. The molecule has 1 aliphatic heterocycles. The van der Waals surface area contributed by atoms with E-state index in [4.69, 9.17) is 16.7 Å². The molecular weight excluding hydrogens is 322 g/mol. The Morgan fingerprint density at radius 3 is 2.40 bits per heavy atom. The van der Waals surface area contributed by atoms with Crippen LogP contribution in [0, 0.1) is 27.4 Å². The fraction of sp³-hybridized carbons (Fsp3) is 0.529. The van der Waals surface area contributed by atoms with E-state index < -0.39 is 16.9 Å². The van der Waals surface area contributed by atoms with Gasteiger partial charge in [0.05, 0.1) is 22.2 Å². The van der Waals surface area contributed by atoms with Crippen LogP contribution in [0.25, 0.3) is 0 Å². The first kappa shape index (κ1) is 20.4. The molecule has 4 N–H and O–H groups in total. The van der Waals surface area contributed by atoms with Crippen LogP contribution in [0.1, 0.15) is 38.7 Å². The van der Waals surface area contributed by atoms with Gasteiger partial charge in [-0.2, -0.15) is 5.26 Å². The SMILES string of the molecule is CC(C)C[C@H](N)C(N)=O.N#Cc1cc([N+](=O)[O-])ccc1N1CCCC1. The lowest BCUT2D eigenvalue weighted by Crippen LogP contribution is -2.37. The first-order chi connectivity index (χ1) is 11.8. The third-order valence-electron chi connectivity index (χ3n) is 3.85. The second-order valence-corrected chi connectivity index (χ2v) is 6.40. The molecule has 0 spiro atoms. The van der Waals surface area contributed by atoms with E-state index in [1.54, 1.807) is 6.07 Å². The van der Waals surface area contributed by atoms with Crippen molar-refractivity contribution < 1.29 is 9.72 Å². The summed E-state index contributed by atoms with van der Waals surface area (Å²) in [6.07, 6.45) is 2.90. The smallest absolute Gasteiger partial charge is 0.270 e. The van der Waals surface area contributed by atoms with Gasteiger partial charge < -0.3 is 16.4 Å². The monoisotopic (exact) mass is 347 g/mol. The Labute approximate surface area is 147 Å². The molecule has 2 rings (SSSR count). The van der Waals surface area contributed by atoms with Crippen molar-refractivity contribution in [2.45, 2.75) is 39.2 Å². The summed E-state index contributed by atoms with van der Waals surface area (Å²) in [5, 5.41) is 19.6. The average molecular weight is 347 g/mol. The standard InChI is InChI=1S/C11H11N3O2.C6H14N2O/c12-8-9-7-10(14(15)16)3-4-11(9)13-5-1-2-6-13;1-4(2)3-5(7)6(8)9/h3-4,7H,1-2,5-6H2;4-5H,3,7H2,1-2H3,(H2,8,9)/t;5-/m.0/s1. The Morgan fingerprint density at radius 1 is 1.40 bits per heavy atom. The van der Waals surface area contributed by atoms with E-state index in [9.17, 15) is 14.9 Å². The maximum absolute atomic E-state index is 10.6. The highest BCUT2D eigenvalue weighted by atomic mass is 16.6. The van der Waals surface area contributed by atoms with Gasteiger partial charge in [0.2, 0.25) is 5.91 Å². The third kappa shape index (κ3) is 6.39. The summed E-state index contributed by atoms with van der Waals surface area (Å²) in [6, 6.07) is 6.02. The summed E-state index contributed by atoms with van der Waals surface area (Å²) in [5.74, 6) is 0.0243. The van der Waals surface area contributed by atoms with Crippen LogP contribution in [-0.2, 0) is 4.79 Å². The fourth-order valence-corrected chi connectivity index (χ4v) is 2.58. The van der Waals surface area contributed by atoms with Gasteiger partial charge in [0.1, 0.15) is 6.07 Å². The van der Waals surface area contributed by atoms with Crippen molar-refractivity contribution in [2.24, 2.45) is 17.4 Å². The number of primary amides is 1. The molecule has 1 aliphatic rings. The molecule has 1 amide bonds. The normalized spacial score (nSPS) is 14.4. The van der Waals surface area contributed by atoms with Gasteiger partial charge in [-0.3, -0.25) is 14.9 Å². The van der Waals surface area contributed by atoms with Crippen molar-refractivity contribution in [3.8, 4) is 6.07 Å². The maximum Gasteiger partial charge on any atom is 0.270 e. The second-order valence-electron chi connectivity index (χ2n) is 6.40. The molecule has 1 saturated heterocycles. The van der Waals surface area contributed by atoms with Gasteiger partial charge in [-0.25, -0.2) is 0 Å². The molecule has 0 aliphatic carbocycles. The molecule has 1 atom stereocenters. The highest BCUT2D eigenvalue weighted by Crippen LogP contribution is 2.27. The number of non-ortho nitro benzene ring substituents is 1. The predicted molar refractivity (Wildman–Crippen MR) is 95.9 cm³/mol. The maximum atomic E-state index is 10.6. The van der Waals surface area contributed by atoms with Gasteiger partial charge in [-0.15, -0.1) is 0 Å². The van der Waals surface area contributed by atoms with Crippen LogP contribution in [0.4, 0.5) is 11.4 Å². The summed E-state index contributed by atoms with van der Waals surface area (Å²) in [4.78, 5) is 22.5. The Balaban J connectivity index is 0.000000299. The lowest BCUT2D eigenvalue weighted by Gasteiger charge is -2.18. The number of carbonyl (C=O) groups is 1. The molecule has 0 unspecified atom stereocenters. The van der Waals surface area contributed by atoms with Crippen LogP contribution in [0.3, 0.4) is 0 Å². The predicted octanol–water partition coefficient (Wildman–Crippen LogP) is 1.91. The zero-order valence-electron chi connectivity index (χ0n) is 14.6. The summed E-state index contributed by atoms with van der Waals surface area (Å²) in [5.41, 5.74) is 11.4. The minimum atomic E-state index is -0.478. The Kier molecular flexibility index (Phi) is 7.82. The van der Waals surface area contributed by atoms with E-state index in [0.717, 1.165) is 31.6 Å². The van der Waals surface area contributed by atoms with Crippen LogP contribution < -0.4 is 16.4 Å². The van der Waals surface area contributed by atoms with E-state index in [1.165, 1.54) is 12.1 Å². The van der Waals surface area contributed by atoms with Crippen molar-refractivity contribution in [3.63, 3.8) is 0 Å². The number of carbonyl (C=O) groups excluding carboxylic acids is 1. The number of hydrogen-bond acceptors (Lipinski definition) is 6. The zero-order chi connectivity index (χ0) is 19.0. The van der Waals surface area contributed by atoms with E-state index in [0.29, 0.717) is 17.9 Å². The van der Waals surface area contributed by atoms with Crippen LogP contribution in [-0.4, -0.2) is 30.0 Å². The van der Waals surface area contributed by atoms with Crippen LogP contribution >= 0.6 is 0 Å². The number of nitrogens with zero attached hydrogens (tertiary/aromatic N) is 3. The van der Waals surface area contributed by atoms with E-state index in [1.807, 2.05) is 19.9 Å². The Morgan fingerprint density at radius 2 is 2.00 bits per heavy atom. The molecule has 1 fully saturated rings. The zero-order valence-corrected chi connectivity index (χ0v) is 14.6. The second kappa shape index (κ2) is 9.59. The minimum absolute atomic E-state index is 0.0282. The van der Waals surface area contributed by atoms with Gasteiger partial charge in [-0.05, 0) is 31.2 Å². The van der Waals surface area contributed by atoms with Gasteiger partial charge in [-0.1, -0.05) is 13.8 Å². The number of nitriles is 1. The summed E-state index contributed by atoms with van der Waals surface area (Å²) >= 11 is 0. The van der Waals surface area contributed by atoms with Crippen LogP contribution in [0.2, 0.25) is 0 Å². The van der Waals surface area contributed by atoms with E-state index >= 15 is 0 Å². The molecule has 136 valence electrons. The molecule has 0 aromatic heterocycles. The number of benzene rings is 1. The number of anilines is 1. The molecule has 0 saturated carbocycles. The van der Waals surface area contributed by atoms with Crippen molar-refractivity contribution in [3.05, 3.63) is 33.9 Å². The minimum Gasteiger partial charge on any atom is -0.370 e. The Bertz CT molecular complexity index is 648. The van der Waals surface area contributed by atoms with E-state index in [-0.39, 0.29) is 5.69 Å². The molecule has 0 bridgehead atoms. The van der Waals surface area contributed by atoms with Gasteiger partial charge in [0, 0.05) is 25.2 Å². The molecule has 1 aromatic carbocycles. The number of hydrogen-bond donors (Lipinski definition) is 2. The number of rotatable bonds is 5. The topological polar surface area (TPSA) is 139 Å². The first-order valence-corrected chi connectivity index (χ1v) is 8.24. The molecule has 0 radical (unpaired) electrons. The molecule has 8 nitrogen and oxygen atoms in total. The quantitative estimate of drug-likeness (QED) is 0.616. The lowest BCUT2D eigenvalue weighted by atomic mass is 10.0. The molecular formula is C17H25N5O3. The van der Waals surface area contributed by atoms with Crippen LogP contribution in [0.15, 0.2) is 18.2 Å². The molecule has 1 heterocycles. The van der Waals surface area contributed by atoms with Gasteiger partial charge in [0.25, 0.3) is 5.69 Å². The first-order valence-electron chi connectivity index (χ1n) is 8.24. The third-order valence-corrected chi connectivity index (χ3v) is 3.85. The fourth-order valence-electron chi connectivity index (χ4n) is 2.58. The average Bonchev–Trinajstić information content (AvgIpc) is 3.08. The molecule has 8 heteroatoms. The Hall–Kier alpha value is -2.66. The lowest BCUT2D eigenvalue weighted by molar-refractivity contribution is -0.384. The summed E-state index contributed by atoms with van der Waals surface area (Å²) in [6.45, 7) is 5.85. The number of nitro benzene ring substituents is 1. The van der Waals surface area contributed by atoms with Crippen molar-refractivity contribution in [2.75, 3.05) is 18.0 Å². The highest BCUT2D eigenvalue weighted by molar-refractivity contribution is 5.79. The van der Waals surface area contributed by atoms with Crippen LogP contribution in [0.5, 0.6) is 0 Å². The number of nitro groups is 1. The highest BCUT2D eigenvalue weighted by Gasteiger charge is 2.18.